The Kier molecular flexibility index (Phi) is 9.07. The van der Waals surface area contributed by atoms with E-state index >= 15 is 0 Å². The summed E-state index contributed by atoms with van der Waals surface area (Å²) in [4.78, 5) is 29.8. The van der Waals surface area contributed by atoms with Crippen molar-refractivity contribution in [2.75, 3.05) is 20.6 Å². The summed E-state index contributed by atoms with van der Waals surface area (Å²) < 4.78 is 0. The van der Waals surface area contributed by atoms with Crippen molar-refractivity contribution < 1.29 is 9.59 Å². The van der Waals surface area contributed by atoms with Gasteiger partial charge in [-0.1, -0.05) is 91.0 Å². The lowest BCUT2D eigenvalue weighted by Crippen LogP contribution is -2.39. The number of carbonyl (C=O) groups is 2. The van der Waals surface area contributed by atoms with E-state index in [-0.39, 0.29) is 18.0 Å². The minimum atomic E-state index is -0.967. The van der Waals surface area contributed by atoms with Crippen LogP contribution < -0.4 is 0 Å². The van der Waals surface area contributed by atoms with Gasteiger partial charge < -0.3 is 4.90 Å². The maximum Gasteiger partial charge on any atom is 0.167 e. The van der Waals surface area contributed by atoms with E-state index in [1.54, 1.807) is 36.4 Å². The summed E-state index contributed by atoms with van der Waals surface area (Å²) >= 11 is 0. The monoisotopic (exact) mass is 463 g/mol. The van der Waals surface area contributed by atoms with Gasteiger partial charge >= 0.3 is 0 Å². The molecule has 35 heavy (non-hydrogen) atoms. The van der Waals surface area contributed by atoms with Crippen LogP contribution in [0.4, 0.5) is 0 Å². The lowest BCUT2D eigenvalue weighted by Gasteiger charge is -2.34. The fourth-order valence-corrected chi connectivity index (χ4v) is 4.61. The molecule has 0 radical (unpaired) electrons. The zero-order valence-electron chi connectivity index (χ0n) is 20.0. The van der Waals surface area contributed by atoms with E-state index in [2.05, 4.69) is 0 Å². The largest absolute Gasteiger partial charge is 0.309 e. The van der Waals surface area contributed by atoms with E-state index in [1.807, 2.05) is 85.7 Å². The SMILES string of the molecule is CN(C)C[C@@H](C(=O)c1ccccc1)[C@@H](c1ccccc1)[C@@H](CC(C#N)C#N)C(=O)c1ccccc1. The van der Waals surface area contributed by atoms with Crippen LogP contribution in [-0.4, -0.2) is 37.1 Å². The highest BCUT2D eigenvalue weighted by Gasteiger charge is 2.40. The van der Waals surface area contributed by atoms with Crippen molar-refractivity contribution in [1.29, 1.82) is 10.5 Å². The summed E-state index contributed by atoms with van der Waals surface area (Å²) in [6.45, 7) is 0.412. The molecule has 0 aliphatic rings. The van der Waals surface area contributed by atoms with E-state index in [1.165, 1.54) is 0 Å². The number of rotatable bonds is 11. The molecule has 0 aliphatic heterocycles. The number of ketones is 2. The molecule has 3 aromatic rings. The number of hydrogen-bond acceptors (Lipinski definition) is 5. The molecule has 0 saturated carbocycles. The molecule has 0 saturated heterocycles. The van der Waals surface area contributed by atoms with Crippen molar-refractivity contribution in [3.63, 3.8) is 0 Å². The molecule has 0 heterocycles. The van der Waals surface area contributed by atoms with Crippen molar-refractivity contribution in [1.82, 2.24) is 4.90 Å². The van der Waals surface area contributed by atoms with Gasteiger partial charge in [-0.05, 0) is 26.1 Å². The molecule has 3 aromatic carbocycles. The minimum Gasteiger partial charge on any atom is -0.309 e. The first-order valence-corrected chi connectivity index (χ1v) is 11.6. The van der Waals surface area contributed by atoms with Crippen molar-refractivity contribution in [2.45, 2.75) is 12.3 Å². The van der Waals surface area contributed by atoms with Gasteiger partial charge in [-0.2, -0.15) is 10.5 Å². The lowest BCUT2D eigenvalue weighted by molar-refractivity contribution is 0.0776. The second-order valence-corrected chi connectivity index (χ2v) is 8.92. The van der Waals surface area contributed by atoms with Crippen LogP contribution >= 0.6 is 0 Å². The van der Waals surface area contributed by atoms with Crippen molar-refractivity contribution >= 4 is 11.6 Å². The first-order chi connectivity index (χ1) is 17.0. The Morgan fingerprint density at radius 1 is 0.714 bits per heavy atom. The van der Waals surface area contributed by atoms with E-state index in [4.69, 9.17) is 0 Å². The maximum absolute atomic E-state index is 13.9. The molecule has 176 valence electrons. The summed E-state index contributed by atoms with van der Waals surface area (Å²) in [5.74, 6) is -3.02. The average Bonchev–Trinajstić information content (AvgIpc) is 2.90. The highest BCUT2D eigenvalue weighted by molar-refractivity contribution is 6.01. The normalized spacial score (nSPS) is 13.4. The molecule has 0 unspecified atom stereocenters. The third-order valence-electron chi connectivity index (χ3n) is 6.20. The average molecular weight is 464 g/mol. The zero-order valence-corrected chi connectivity index (χ0v) is 20.0. The zero-order chi connectivity index (χ0) is 25.2. The third-order valence-corrected chi connectivity index (χ3v) is 6.20. The van der Waals surface area contributed by atoms with Crippen molar-refractivity contribution in [3.05, 3.63) is 108 Å². The molecular formula is C30H29N3O2. The summed E-state index contributed by atoms with van der Waals surface area (Å²) in [6, 6.07) is 31.5. The first-order valence-electron chi connectivity index (χ1n) is 11.6. The van der Waals surface area contributed by atoms with Gasteiger partial charge in [-0.3, -0.25) is 9.59 Å². The molecule has 3 rings (SSSR count). The number of Topliss-reactive ketones (excluding diaryl/α,β-unsaturated/α-hetero) is 2. The molecular weight excluding hydrogens is 434 g/mol. The second kappa shape index (κ2) is 12.4. The molecule has 5 nitrogen and oxygen atoms in total. The number of nitrogens with zero attached hydrogens (tertiary/aromatic N) is 3. The van der Waals surface area contributed by atoms with Crippen LogP contribution in [0.3, 0.4) is 0 Å². The number of carbonyl (C=O) groups excluding carboxylic acids is 2. The predicted octanol–water partition coefficient (Wildman–Crippen LogP) is 5.38. The van der Waals surface area contributed by atoms with Crippen LogP contribution in [0.5, 0.6) is 0 Å². The Labute approximate surface area is 207 Å². The van der Waals surface area contributed by atoms with E-state index in [0.717, 1.165) is 5.56 Å². The summed E-state index contributed by atoms with van der Waals surface area (Å²) in [7, 11) is 3.80. The number of hydrogen-bond donors (Lipinski definition) is 0. The molecule has 5 heteroatoms. The second-order valence-electron chi connectivity index (χ2n) is 8.92. The van der Waals surface area contributed by atoms with Crippen LogP contribution in [0.2, 0.25) is 0 Å². The summed E-state index contributed by atoms with van der Waals surface area (Å²) in [5, 5.41) is 19.2. The number of nitriles is 2. The molecule has 0 bridgehead atoms. The van der Waals surface area contributed by atoms with E-state index in [9.17, 15) is 20.1 Å². The Morgan fingerprint density at radius 2 is 1.14 bits per heavy atom. The molecule has 3 atom stereocenters. The maximum atomic E-state index is 13.9. The van der Waals surface area contributed by atoms with Gasteiger partial charge in [-0.25, -0.2) is 0 Å². The quantitative estimate of drug-likeness (QED) is 0.356. The Morgan fingerprint density at radius 3 is 1.57 bits per heavy atom. The van der Waals surface area contributed by atoms with Crippen LogP contribution in [0.25, 0.3) is 0 Å². The van der Waals surface area contributed by atoms with Crippen molar-refractivity contribution in [3.8, 4) is 12.1 Å². The Hall–Kier alpha value is -4.06. The summed E-state index contributed by atoms with van der Waals surface area (Å²) in [6.07, 6.45) is 0.0479. The highest BCUT2D eigenvalue weighted by atomic mass is 16.1. The predicted molar refractivity (Wildman–Crippen MR) is 136 cm³/mol. The molecule has 0 aliphatic carbocycles. The van der Waals surface area contributed by atoms with E-state index in [0.29, 0.717) is 17.7 Å². The van der Waals surface area contributed by atoms with Gasteiger partial charge in [0.2, 0.25) is 0 Å². The lowest BCUT2D eigenvalue weighted by atomic mass is 9.68. The minimum absolute atomic E-state index is 0.0479. The van der Waals surface area contributed by atoms with Crippen LogP contribution in [-0.2, 0) is 0 Å². The first kappa shape index (κ1) is 25.6. The third kappa shape index (κ3) is 6.51. The molecule has 0 N–H and O–H groups in total. The van der Waals surface area contributed by atoms with Gasteiger partial charge in [0.05, 0.1) is 12.1 Å². The van der Waals surface area contributed by atoms with Crippen LogP contribution in [0, 0.1) is 40.4 Å². The summed E-state index contributed by atoms with van der Waals surface area (Å²) in [5.41, 5.74) is 1.92. The molecule has 0 fully saturated rings. The van der Waals surface area contributed by atoms with Gasteiger partial charge in [0.1, 0.15) is 5.92 Å². The van der Waals surface area contributed by atoms with Gasteiger partial charge in [0, 0.05) is 35.4 Å². The van der Waals surface area contributed by atoms with Gasteiger partial charge in [0.25, 0.3) is 0 Å². The highest BCUT2D eigenvalue weighted by Crippen LogP contribution is 2.40. The standard InChI is InChI=1S/C30H29N3O2/c1-33(2)21-27(30(35)25-16-10-5-11-17-25)28(23-12-6-3-7-13-23)26(18-22(19-31)20-32)29(34)24-14-8-4-9-15-24/h3-17,22,26-28H,18,21H2,1-2H3/t26-,27-,28+/m1/s1. The number of benzene rings is 3. The smallest absolute Gasteiger partial charge is 0.167 e. The Bertz CT molecular complexity index is 1180. The van der Waals surface area contributed by atoms with Gasteiger partial charge in [-0.15, -0.1) is 0 Å². The van der Waals surface area contributed by atoms with E-state index < -0.39 is 23.7 Å². The molecule has 0 amide bonds. The Balaban J connectivity index is 2.20. The fourth-order valence-electron chi connectivity index (χ4n) is 4.61. The van der Waals surface area contributed by atoms with Crippen LogP contribution in [0.1, 0.15) is 38.6 Å². The van der Waals surface area contributed by atoms with Crippen LogP contribution in [0.15, 0.2) is 91.0 Å². The molecule has 0 spiro atoms. The molecule has 0 aromatic heterocycles. The topological polar surface area (TPSA) is 85.0 Å². The van der Waals surface area contributed by atoms with Gasteiger partial charge in [0.15, 0.2) is 11.6 Å². The van der Waals surface area contributed by atoms with Crippen molar-refractivity contribution in [2.24, 2.45) is 17.8 Å². The fraction of sp³-hybridized carbons (Fsp3) is 0.267.